The SMILES string of the molecule is CCOC(=O)Cc1ccc(Cl)cc1F. The van der Waals surface area contributed by atoms with Crippen LogP contribution < -0.4 is 0 Å². The van der Waals surface area contributed by atoms with Gasteiger partial charge in [0.1, 0.15) is 5.82 Å². The number of hydrogen-bond donors (Lipinski definition) is 0. The lowest BCUT2D eigenvalue weighted by Gasteiger charge is -2.03. The van der Waals surface area contributed by atoms with Crippen LogP contribution in [0.25, 0.3) is 0 Å². The monoisotopic (exact) mass is 216 g/mol. The molecule has 1 rings (SSSR count). The van der Waals surface area contributed by atoms with E-state index in [2.05, 4.69) is 0 Å². The second-order valence-electron chi connectivity index (χ2n) is 2.72. The maximum absolute atomic E-state index is 13.2. The summed E-state index contributed by atoms with van der Waals surface area (Å²) in [6, 6.07) is 4.20. The maximum Gasteiger partial charge on any atom is 0.310 e. The van der Waals surface area contributed by atoms with E-state index in [-0.39, 0.29) is 6.42 Å². The van der Waals surface area contributed by atoms with Crippen LogP contribution >= 0.6 is 11.6 Å². The summed E-state index contributed by atoms with van der Waals surface area (Å²) >= 11 is 5.56. The summed E-state index contributed by atoms with van der Waals surface area (Å²) in [5.41, 5.74) is 0.299. The summed E-state index contributed by atoms with van der Waals surface area (Å²) in [5.74, 6) is -0.917. The molecule has 0 bridgehead atoms. The molecule has 0 aliphatic rings. The van der Waals surface area contributed by atoms with Crippen molar-refractivity contribution in [3.63, 3.8) is 0 Å². The van der Waals surface area contributed by atoms with Gasteiger partial charge in [0.25, 0.3) is 0 Å². The van der Waals surface area contributed by atoms with Crippen LogP contribution in [0.5, 0.6) is 0 Å². The van der Waals surface area contributed by atoms with Crippen molar-refractivity contribution >= 4 is 17.6 Å². The Labute approximate surface area is 86.6 Å². The van der Waals surface area contributed by atoms with Gasteiger partial charge in [-0.05, 0) is 24.6 Å². The van der Waals surface area contributed by atoms with Gasteiger partial charge in [0, 0.05) is 5.02 Å². The van der Waals surface area contributed by atoms with Crippen LogP contribution in [0.15, 0.2) is 18.2 Å². The number of benzene rings is 1. The lowest BCUT2D eigenvalue weighted by Crippen LogP contribution is -2.08. The fourth-order valence-electron chi connectivity index (χ4n) is 1.03. The Balaban J connectivity index is 2.72. The van der Waals surface area contributed by atoms with Crippen molar-refractivity contribution in [3.8, 4) is 0 Å². The third kappa shape index (κ3) is 3.00. The van der Waals surface area contributed by atoms with E-state index in [1.165, 1.54) is 12.1 Å². The van der Waals surface area contributed by atoms with Gasteiger partial charge >= 0.3 is 5.97 Å². The van der Waals surface area contributed by atoms with Gasteiger partial charge in [-0.1, -0.05) is 17.7 Å². The Hall–Kier alpha value is -1.09. The minimum absolute atomic E-state index is 0.0587. The first-order chi connectivity index (χ1) is 6.63. The first kappa shape index (κ1) is 11.0. The molecule has 0 aliphatic heterocycles. The third-order valence-corrected chi connectivity index (χ3v) is 1.89. The zero-order valence-electron chi connectivity index (χ0n) is 7.72. The number of rotatable bonds is 3. The molecule has 2 nitrogen and oxygen atoms in total. The van der Waals surface area contributed by atoms with E-state index >= 15 is 0 Å². The van der Waals surface area contributed by atoms with E-state index in [1.807, 2.05) is 0 Å². The quantitative estimate of drug-likeness (QED) is 0.726. The van der Waals surface area contributed by atoms with E-state index in [9.17, 15) is 9.18 Å². The zero-order valence-corrected chi connectivity index (χ0v) is 8.47. The molecule has 0 aliphatic carbocycles. The highest BCUT2D eigenvalue weighted by Crippen LogP contribution is 2.15. The van der Waals surface area contributed by atoms with Crippen molar-refractivity contribution in [3.05, 3.63) is 34.6 Å². The molecule has 0 heterocycles. The molecule has 14 heavy (non-hydrogen) atoms. The lowest BCUT2D eigenvalue weighted by molar-refractivity contribution is -0.142. The van der Waals surface area contributed by atoms with E-state index < -0.39 is 11.8 Å². The van der Waals surface area contributed by atoms with Crippen LogP contribution in [-0.4, -0.2) is 12.6 Å². The fraction of sp³-hybridized carbons (Fsp3) is 0.300. The fourth-order valence-corrected chi connectivity index (χ4v) is 1.19. The first-order valence-corrected chi connectivity index (χ1v) is 4.61. The normalized spacial score (nSPS) is 9.93. The molecule has 76 valence electrons. The molecule has 1 aromatic rings. The minimum Gasteiger partial charge on any atom is -0.466 e. The van der Waals surface area contributed by atoms with Crippen molar-refractivity contribution in [2.45, 2.75) is 13.3 Å². The minimum atomic E-state index is -0.481. The van der Waals surface area contributed by atoms with Crippen molar-refractivity contribution in [1.29, 1.82) is 0 Å². The summed E-state index contributed by atoms with van der Waals surface area (Å²) < 4.78 is 17.9. The molecular weight excluding hydrogens is 207 g/mol. The third-order valence-electron chi connectivity index (χ3n) is 1.66. The smallest absolute Gasteiger partial charge is 0.310 e. The highest BCUT2D eigenvalue weighted by atomic mass is 35.5. The molecule has 0 unspecified atom stereocenters. The average Bonchev–Trinajstić information content (AvgIpc) is 2.10. The molecule has 4 heteroatoms. The largest absolute Gasteiger partial charge is 0.466 e. The van der Waals surface area contributed by atoms with Crippen LogP contribution in [0, 0.1) is 5.82 Å². The Morgan fingerprint density at radius 3 is 2.86 bits per heavy atom. The van der Waals surface area contributed by atoms with Crippen molar-refractivity contribution < 1.29 is 13.9 Å². The Kier molecular flexibility index (Phi) is 3.89. The molecule has 0 saturated heterocycles. The molecule has 0 saturated carbocycles. The Morgan fingerprint density at radius 1 is 1.57 bits per heavy atom. The van der Waals surface area contributed by atoms with Crippen LogP contribution in [0.3, 0.4) is 0 Å². The van der Waals surface area contributed by atoms with Crippen molar-refractivity contribution in [2.75, 3.05) is 6.61 Å². The van der Waals surface area contributed by atoms with Gasteiger partial charge < -0.3 is 4.74 Å². The van der Waals surface area contributed by atoms with Crippen LogP contribution in [0.2, 0.25) is 5.02 Å². The predicted octanol–water partition coefficient (Wildman–Crippen LogP) is 2.58. The summed E-state index contributed by atoms with van der Waals surface area (Å²) in [4.78, 5) is 11.0. The summed E-state index contributed by atoms with van der Waals surface area (Å²) in [6.07, 6.45) is -0.0587. The number of hydrogen-bond acceptors (Lipinski definition) is 2. The highest BCUT2D eigenvalue weighted by Gasteiger charge is 2.08. The Bertz CT molecular complexity index is 339. The second kappa shape index (κ2) is 4.96. The van der Waals surface area contributed by atoms with Gasteiger partial charge in [0.2, 0.25) is 0 Å². The maximum atomic E-state index is 13.2. The molecule has 0 atom stereocenters. The molecule has 1 aromatic carbocycles. The van der Waals surface area contributed by atoms with Gasteiger partial charge in [-0.3, -0.25) is 4.79 Å². The zero-order chi connectivity index (χ0) is 10.6. The van der Waals surface area contributed by atoms with Crippen molar-refractivity contribution in [2.24, 2.45) is 0 Å². The number of halogens is 2. The lowest BCUT2D eigenvalue weighted by atomic mass is 10.1. The molecule has 0 radical (unpaired) electrons. The summed E-state index contributed by atoms with van der Waals surface area (Å²) in [7, 11) is 0. The topological polar surface area (TPSA) is 26.3 Å². The van der Waals surface area contributed by atoms with E-state index in [0.717, 1.165) is 0 Å². The van der Waals surface area contributed by atoms with Crippen molar-refractivity contribution in [1.82, 2.24) is 0 Å². The molecule has 0 fully saturated rings. The molecule has 0 N–H and O–H groups in total. The number of carbonyl (C=O) groups excluding carboxylic acids is 1. The van der Waals surface area contributed by atoms with Gasteiger partial charge in [0.05, 0.1) is 13.0 Å². The molecule has 0 spiro atoms. The summed E-state index contributed by atoms with van der Waals surface area (Å²) in [6.45, 7) is 2.00. The molecular formula is C10H10ClFO2. The van der Waals surface area contributed by atoms with Gasteiger partial charge in [-0.15, -0.1) is 0 Å². The first-order valence-electron chi connectivity index (χ1n) is 4.23. The van der Waals surface area contributed by atoms with Gasteiger partial charge in [-0.25, -0.2) is 4.39 Å². The summed E-state index contributed by atoms with van der Waals surface area (Å²) in [5, 5.41) is 0.315. The van der Waals surface area contributed by atoms with Crippen LogP contribution in [0.1, 0.15) is 12.5 Å². The van der Waals surface area contributed by atoms with Crippen LogP contribution in [0.4, 0.5) is 4.39 Å². The van der Waals surface area contributed by atoms with E-state index in [0.29, 0.717) is 17.2 Å². The number of carbonyl (C=O) groups is 1. The highest BCUT2D eigenvalue weighted by molar-refractivity contribution is 6.30. The van der Waals surface area contributed by atoms with Gasteiger partial charge in [0.15, 0.2) is 0 Å². The van der Waals surface area contributed by atoms with E-state index in [4.69, 9.17) is 16.3 Å². The second-order valence-corrected chi connectivity index (χ2v) is 3.15. The number of ether oxygens (including phenoxy) is 1. The van der Waals surface area contributed by atoms with Gasteiger partial charge in [-0.2, -0.15) is 0 Å². The molecule has 0 amide bonds. The number of esters is 1. The standard InChI is InChI=1S/C10H10ClFO2/c1-2-14-10(13)5-7-3-4-8(11)6-9(7)12/h3-4,6H,2,5H2,1H3. The molecule has 0 aromatic heterocycles. The van der Waals surface area contributed by atoms with E-state index in [1.54, 1.807) is 13.0 Å². The van der Waals surface area contributed by atoms with Crippen LogP contribution in [-0.2, 0) is 16.0 Å². The predicted molar refractivity (Wildman–Crippen MR) is 51.7 cm³/mol. The average molecular weight is 217 g/mol. The Morgan fingerprint density at radius 2 is 2.29 bits per heavy atom.